The first-order valence-corrected chi connectivity index (χ1v) is 8.38. The molecular weight excluding hydrogens is 391 g/mol. The molecule has 29 heavy (non-hydrogen) atoms. The summed E-state index contributed by atoms with van der Waals surface area (Å²) in [6.07, 6.45) is -4.94. The number of alkyl halides is 3. The van der Waals surface area contributed by atoms with E-state index in [1.807, 2.05) is 0 Å². The Kier molecular flexibility index (Phi) is 5.25. The Morgan fingerprint density at radius 3 is 2.38 bits per heavy atom. The number of benzene rings is 2. The zero-order valence-corrected chi connectivity index (χ0v) is 15.0. The summed E-state index contributed by atoms with van der Waals surface area (Å²) >= 11 is 0. The highest BCUT2D eigenvalue weighted by atomic mass is 19.4. The first-order chi connectivity index (χ1) is 13.6. The van der Waals surface area contributed by atoms with Crippen molar-refractivity contribution in [2.24, 2.45) is 0 Å². The van der Waals surface area contributed by atoms with Gasteiger partial charge in [-0.3, -0.25) is 4.79 Å². The van der Waals surface area contributed by atoms with Gasteiger partial charge in [-0.15, -0.1) is 0 Å². The van der Waals surface area contributed by atoms with E-state index in [0.717, 1.165) is 16.2 Å². The summed E-state index contributed by atoms with van der Waals surface area (Å²) in [5.41, 5.74) is -3.12. The number of aromatic nitrogens is 1. The van der Waals surface area contributed by atoms with E-state index in [1.54, 1.807) is 25.1 Å². The second kappa shape index (κ2) is 7.51. The minimum absolute atomic E-state index is 0.159. The molecule has 0 saturated carbocycles. The first-order valence-electron chi connectivity index (χ1n) is 8.38. The molecule has 8 heteroatoms. The molecule has 1 heterocycles. The van der Waals surface area contributed by atoms with Crippen molar-refractivity contribution >= 4 is 0 Å². The highest BCUT2D eigenvalue weighted by Gasteiger charge is 2.36. The van der Waals surface area contributed by atoms with Gasteiger partial charge in [-0.05, 0) is 30.7 Å². The molecule has 3 nitrogen and oxygen atoms in total. The van der Waals surface area contributed by atoms with E-state index in [9.17, 15) is 26.7 Å². The molecule has 148 valence electrons. The third kappa shape index (κ3) is 3.90. The second-order valence-electron chi connectivity index (χ2n) is 6.40. The topological polar surface area (TPSA) is 45.8 Å². The number of nitrogens with zero attached hydrogens (tertiary/aromatic N) is 2. The van der Waals surface area contributed by atoms with Crippen LogP contribution in [0.25, 0.3) is 11.3 Å². The molecule has 0 fully saturated rings. The second-order valence-corrected chi connectivity index (χ2v) is 6.40. The molecule has 1 aromatic heterocycles. The lowest BCUT2D eigenvalue weighted by Gasteiger charge is -2.18. The van der Waals surface area contributed by atoms with Gasteiger partial charge in [0.1, 0.15) is 11.6 Å². The Morgan fingerprint density at radius 2 is 1.76 bits per heavy atom. The Labute approximate surface area is 162 Å². The summed E-state index contributed by atoms with van der Waals surface area (Å²) in [6, 6.07) is 11.7. The van der Waals surface area contributed by atoms with Crippen molar-refractivity contribution in [2.45, 2.75) is 19.6 Å². The largest absolute Gasteiger partial charge is 0.417 e. The standard InChI is InChI=1S/C21H13F5N2O/c1-12-4-2-5-13(8-12)18-9-16(21(24,25)26)15(10-27)20(29)28(18)11-14-6-3-7-17(22)19(14)23/h2-9H,11H2,1H3. The van der Waals surface area contributed by atoms with Crippen molar-refractivity contribution < 1.29 is 22.0 Å². The molecule has 0 atom stereocenters. The molecule has 3 rings (SSSR count). The number of halogens is 5. The molecule has 0 aliphatic heterocycles. The van der Waals surface area contributed by atoms with Gasteiger partial charge in [0.15, 0.2) is 11.6 Å². The van der Waals surface area contributed by atoms with Gasteiger partial charge in [-0.25, -0.2) is 8.78 Å². The molecule has 0 spiro atoms. The third-order valence-corrected chi connectivity index (χ3v) is 4.39. The highest BCUT2D eigenvalue weighted by molar-refractivity contribution is 5.63. The van der Waals surface area contributed by atoms with Gasteiger partial charge >= 0.3 is 6.18 Å². The average Bonchev–Trinajstić information content (AvgIpc) is 2.65. The van der Waals surface area contributed by atoms with Crippen molar-refractivity contribution in [2.75, 3.05) is 0 Å². The maximum atomic E-state index is 14.1. The Hall–Kier alpha value is -3.47. The van der Waals surface area contributed by atoms with Gasteiger partial charge in [0.25, 0.3) is 5.56 Å². The zero-order chi connectivity index (χ0) is 21.3. The lowest BCUT2D eigenvalue weighted by atomic mass is 10.0. The summed E-state index contributed by atoms with van der Waals surface area (Å²) < 4.78 is 68.9. The van der Waals surface area contributed by atoms with Crippen LogP contribution in [0.5, 0.6) is 0 Å². The predicted molar refractivity (Wildman–Crippen MR) is 96.1 cm³/mol. The molecule has 2 aromatic carbocycles. The molecule has 0 bridgehead atoms. The van der Waals surface area contributed by atoms with Crippen molar-refractivity contribution in [3.8, 4) is 17.3 Å². The smallest absolute Gasteiger partial charge is 0.303 e. The van der Waals surface area contributed by atoms with E-state index in [0.29, 0.717) is 6.07 Å². The van der Waals surface area contributed by atoms with Gasteiger partial charge in [0.2, 0.25) is 0 Å². The lowest BCUT2D eigenvalue weighted by molar-refractivity contribution is -0.137. The molecule has 0 aliphatic rings. The van der Waals surface area contributed by atoms with Crippen molar-refractivity contribution in [1.82, 2.24) is 4.57 Å². The summed E-state index contributed by atoms with van der Waals surface area (Å²) in [6.45, 7) is 1.17. The van der Waals surface area contributed by atoms with Gasteiger partial charge in [0.05, 0.1) is 17.8 Å². The summed E-state index contributed by atoms with van der Waals surface area (Å²) in [5.74, 6) is -2.37. The molecule has 0 N–H and O–H groups in total. The number of nitriles is 1. The van der Waals surface area contributed by atoms with Gasteiger partial charge in [-0.2, -0.15) is 18.4 Å². The molecular formula is C21H13F5N2O. The molecule has 0 aliphatic carbocycles. The van der Waals surface area contributed by atoms with E-state index >= 15 is 0 Å². The van der Waals surface area contributed by atoms with E-state index < -0.39 is 41.0 Å². The van der Waals surface area contributed by atoms with Crippen LogP contribution < -0.4 is 5.56 Å². The fourth-order valence-corrected chi connectivity index (χ4v) is 3.02. The van der Waals surface area contributed by atoms with E-state index in [4.69, 9.17) is 5.26 Å². The van der Waals surface area contributed by atoms with Crippen LogP contribution in [0.3, 0.4) is 0 Å². The summed E-state index contributed by atoms with van der Waals surface area (Å²) in [4.78, 5) is 12.8. The minimum atomic E-state index is -4.94. The Bertz CT molecular complexity index is 1190. The van der Waals surface area contributed by atoms with Crippen molar-refractivity contribution in [3.63, 3.8) is 0 Å². The third-order valence-electron chi connectivity index (χ3n) is 4.39. The Balaban J connectivity index is 2.35. The zero-order valence-electron chi connectivity index (χ0n) is 15.0. The van der Waals surface area contributed by atoms with Crippen LogP contribution in [-0.2, 0) is 12.7 Å². The number of pyridine rings is 1. The van der Waals surface area contributed by atoms with E-state index in [2.05, 4.69) is 0 Å². The number of hydrogen-bond acceptors (Lipinski definition) is 2. The SMILES string of the molecule is Cc1cccc(-c2cc(C(F)(F)F)c(C#N)c(=O)n2Cc2cccc(F)c2F)c1. The van der Waals surface area contributed by atoms with Gasteiger partial charge in [0, 0.05) is 5.56 Å². The minimum Gasteiger partial charge on any atom is -0.303 e. The molecule has 0 radical (unpaired) electrons. The summed E-state index contributed by atoms with van der Waals surface area (Å²) in [7, 11) is 0. The molecule has 0 unspecified atom stereocenters. The number of rotatable bonds is 3. The van der Waals surface area contributed by atoms with Crippen LogP contribution in [0, 0.1) is 29.9 Å². The summed E-state index contributed by atoms with van der Waals surface area (Å²) in [5, 5.41) is 9.16. The van der Waals surface area contributed by atoms with Gasteiger partial charge in [-0.1, -0.05) is 35.9 Å². The van der Waals surface area contributed by atoms with Crippen molar-refractivity contribution in [1.29, 1.82) is 5.26 Å². The van der Waals surface area contributed by atoms with Crippen molar-refractivity contribution in [3.05, 3.63) is 92.8 Å². The van der Waals surface area contributed by atoms with E-state index in [1.165, 1.54) is 24.3 Å². The lowest BCUT2D eigenvalue weighted by Crippen LogP contribution is -2.29. The normalized spacial score (nSPS) is 11.3. The van der Waals surface area contributed by atoms with Crippen LogP contribution >= 0.6 is 0 Å². The Morgan fingerprint density at radius 1 is 1.07 bits per heavy atom. The number of aryl methyl sites for hydroxylation is 1. The predicted octanol–water partition coefficient (Wildman–Crippen LogP) is 5.04. The molecule has 3 aromatic rings. The monoisotopic (exact) mass is 404 g/mol. The first kappa shape index (κ1) is 20.3. The van der Waals surface area contributed by atoms with Crippen LogP contribution in [0.2, 0.25) is 0 Å². The van der Waals surface area contributed by atoms with Crippen LogP contribution in [0.1, 0.15) is 22.3 Å². The fraction of sp³-hybridized carbons (Fsp3) is 0.143. The quantitative estimate of drug-likeness (QED) is 0.574. The fourth-order valence-electron chi connectivity index (χ4n) is 3.02. The van der Waals surface area contributed by atoms with Crippen LogP contribution in [0.15, 0.2) is 53.3 Å². The maximum absolute atomic E-state index is 14.1. The number of hydrogen-bond donors (Lipinski definition) is 0. The van der Waals surface area contributed by atoms with Gasteiger partial charge < -0.3 is 4.57 Å². The molecule has 0 saturated heterocycles. The maximum Gasteiger partial charge on any atom is 0.417 e. The average molecular weight is 404 g/mol. The van der Waals surface area contributed by atoms with Crippen LogP contribution in [0.4, 0.5) is 22.0 Å². The molecule has 0 amide bonds. The van der Waals surface area contributed by atoms with E-state index in [-0.39, 0.29) is 16.8 Å². The highest BCUT2D eigenvalue weighted by Crippen LogP contribution is 2.34. The van der Waals surface area contributed by atoms with Crippen LogP contribution in [-0.4, -0.2) is 4.57 Å².